The minimum Gasteiger partial charge on any atom is -0.316 e. The number of nitrogens with one attached hydrogen (secondary N) is 1. The number of piperidine rings is 1. The highest BCUT2D eigenvalue weighted by Gasteiger charge is 2.15. The lowest BCUT2D eigenvalue weighted by molar-refractivity contribution is 0.206. The van der Waals surface area contributed by atoms with Gasteiger partial charge in [-0.15, -0.1) is 0 Å². The van der Waals surface area contributed by atoms with Gasteiger partial charge in [-0.2, -0.15) is 0 Å². The molecule has 1 N–H and O–H groups in total. The van der Waals surface area contributed by atoms with Crippen molar-refractivity contribution in [1.29, 1.82) is 0 Å². The third-order valence-electron chi connectivity index (χ3n) is 2.58. The van der Waals surface area contributed by atoms with Crippen molar-refractivity contribution < 1.29 is 0 Å². The fourth-order valence-electron chi connectivity index (χ4n) is 1.92. The molecule has 1 rings (SSSR count). The molecule has 12 heavy (non-hydrogen) atoms. The Bertz CT molecular complexity index is 114. The molecule has 1 unspecified atom stereocenters. The highest BCUT2D eigenvalue weighted by Crippen LogP contribution is 2.13. The summed E-state index contributed by atoms with van der Waals surface area (Å²) in [6, 6.07) is 0. The van der Waals surface area contributed by atoms with Gasteiger partial charge in [0.2, 0.25) is 0 Å². The Hall–Kier alpha value is -0.0800. The number of rotatable bonds is 4. The Labute approximate surface area is 76.3 Å². The molecule has 1 aliphatic rings. The summed E-state index contributed by atoms with van der Waals surface area (Å²) in [6.45, 7) is 7.21. The van der Waals surface area contributed by atoms with E-state index >= 15 is 0 Å². The predicted octanol–water partition coefficient (Wildman–Crippen LogP) is 1.33. The van der Waals surface area contributed by atoms with Crippen LogP contribution in [-0.4, -0.2) is 38.1 Å². The molecule has 1 aliphatic heterocycles. The second kappa shape index (κ2) is 5.55. The van der Waals surface area contributed by atoms with Gasteiger partial charge in [-0.3, -0.25) is 0 Å². The van der Waals surface area contributed by atoms with Crippen molar-refractivity contribution in [1.82, 2.24) is 10.2 Å². The molecule has 1 heterocycles. The molecule has 0 aromatic heterocycles. The van der Waals surface area contributed by atoms with Gasteiger partial charge < -0.3 is 10.2 Å². The van der Waals surface area contributed by atoms with E-state index in [2.05, 4.69) is 24.2 Å². The topological polar surface area (TPSA) is 15.3 Å². The van der Waals surface area contributed by atoms with Crippen LogP contribution >= 0.6 is 0 Å². The number of likely N-dealkylation sites (tertiary alicyclic amines) is 1. The van der Waals surface area contributed by atoms with Gasteiger partial charge in [0, 0.05) is 6.54 Å². The van der Waals surface area contributed by atoms with Crippen LogP contribution in [0.5, 0.6) is 0 Å². The summed E-state index contributed by atoms with van der Waals surface area (Å²) in [7, 11) is 2.23. The van der Waals surface area contributed by atoms with Crippen molar-refractivity contribution >= 4 is 0 Å². The molecule has 2 heteroatoms. The van der Waals surface area contributed by atoms with E-state index in [1.807, 2.05) is 0 Å². The zero-order valence-corrected chi connectivity index (χ0v) is 8.47. The summed E-state index contributed by atoms with van der Waals surface area (Å²) < 4.78 is 0. The molecule has 0 spiro atoms. The third kappa shape index (κ3) is 3.55. The maximum absolute atomic E-state index is 3.50. The highest BCUT2D eigenvalue weighted by molar-refractivity contribution is 4.72. The lowest BCUT2D eigenvalue weighted by Gasteiger charge is -2.29. The second-order valence-corrected chi connectivity index (χ2v) is 3.97. The van der Waals surface area contributed by atoms with E-state index < -0.39 is 0 Å². The van der Waals surface area contributed by atoms with Gasteiger partial charge in [-0.25, -0.2) is 0 Å². The van der Waals surface area contributed by atoms with Crippen LogP contribution in [0, 0.1) is 5.92 Å². The maximum atomic E-state index is 3.50. The zero-order valence-electron chi connectivity index (χ0n) is 8.47. The van der Waals surface area contributed by atoms with E-state index in [1.165, 1.54) is 45.4 Å². The fourth-order valence-corrected chi connectivity index (χ4v) is 1.92. The van der Waals surface area contributed by atoms with Crippen molar-refractivity contribution in [3.8, 4) is 0 Å². The summed E-state index contributed by atoms with van der Waals surface area (Å²) in [5.41, 5.74) is 0. The monoisotopic (exact) mass is 170 g/mol. The van der Waals surface area contributed by atoms with Crippen molar-refractivity contribution in [2.45, 2.75) is 26.2 Å². The van der Waals surface area contributed by atoms with Crippen molar-refractivity contribution in [2.24, 2.45) is 5.92 Å². The number of hydrogen-bond acceptors (Lipinski definition) is 2. The maximum Gasteiger partial charge on any atom is 0.00187 e. The minimum atomic E-state index is 0.898. The fraction of sp³-hybridized carbons (Fsp3) is 1.00. The van der Waals surface area contributed by atoms with Gasteiger partial charge in [0.25, 0.3) is 0 Å². The van der Waals surface area contributed by atoms with E-state index in [9.17, 15) is 0 Å². The normalized spacial score (nSPS) is 26.0. The lowest BCUT2D eigenvalue weighted by atomic mass is 9.98. The van der Waals surface area contributed by atoms with E-state index in [0.717, 1.165) is 5.92 Å². The van der Waals surface area contributed by atoms with E-state index in [4.69, 9.17) is 0 Å². The Morgan fingerprint density at radius 1 is 1.50 bits per heavy atom. The van der Waals surface area contributed by atoms with E-state index in [0.29, 0.717) is 0 Å². The number of hydrogen-bond donors (Lipinski definition) is 1. The standard InChI is InChI=1S/C10H22N2/c1-3-6-11-8-10-5-4-7-12(2)9-10/h10-11H,3-9H2,1-2H3. The Balaban J connectivity index is 2.06. The number of nitrogens with zero attached hydrogens (tertiary/aromatic N) is 1. The van der Waals surface area contributed by atoms with Crippen LogP contribution in [0.15, 0.2) is 0 Å². The van der Waals surface area contributed by atoms with Crippen LogP contribution in [0.4, 0.5) is 0 Å². The highest BCUT2D eigenvalue weighted by atomic mass is 15.1. The molecule has 72 valence electrons. The molecule has 0 aromatic carbocycles. The molecular formula is C10H22N2. The smallest absolute Gasteiger partial charge is 0.00187 e. The van der Waals surface area contributed by atoms with Gasteiger partial charge in [-0.05, 0) is 51.9 Å². The van der Waals surface area contributed by atoms with Crippen molar-refractivity contribution in [3.05, 3.63) is 0 Å². The minimum absolute atomic E-state index is 0.898. The average molecular weight is 170 g/mol. The first kappa shape index (κ1) is 10.0. The first-order valence-corrected chi connectivity index (χ1v) is 5.22. The van der Waals surface area contributed by atoms with Gasteiger partial charge in [0.15, 0.2) is 0 Å². The summed E-state index contributed by atoms with van der Waals surface area (Å²) >= 11 is 0. The van der Waals surface area contributed by atoms with E-state index in [1.54, 1.807) is 0 Å². The predicted molar refractivity (Wildman–Crippen MR) is 53.4 cm³/mol. The first-order valence-electron chi connectivity index (χ1n) is 5.22. The lowest BCUT2D eigenvalue weighted by Crippen LogP contribution is -2.37. The van der Waals surface area contributed by atoms with Crippen LogP contribution in [0.2, 0.25) is 0 Å². The summed E-state index contributed by atoms with van der Waals surface area (Å²) in [5.74, 6) is 0.898. The molecular weight excluding hydrogens is 148 g/mol. The van der Waals surface area contributed by atoms with Gasteiger partial charge in [0.1, 0.15) is 0 Å². The molecule has 0 radical (unpaired) electrons. The second-order valence-electron chi connectivity index (χ2n) is 3.97. The molecule has 1 atom stereocenters. The van der Waals surface area contributed by atoms with Crippen LogP contribution in [0.1, 0.15) is 26.2 Å². The van der Waals surface area contributed by atoms with Crippen molar-refractivity contribution in [2.75, 3.05) is 33.2 Å². The molecule has 2 nitrogen and oxygen atoms in total. The van der Waals surface area contributed by atoms with Crippen LogP contribution in [0.3, 0.4) is 0 Å². The quantitative estimate of drug-likeness (QED) is 0.640. The molecule has 1 fully saturated rings. The SMILES string of the molecule is CCCNCC1CCCN(C)C1. The Morgan fingerprint density at radius 3 is 3.00 bits per heavy atom. The van der Waals surface area contributed by atoms with Gasteiger partial charge in [0.05, 0.1) is 0 Å². The first-order chi connectivity index (χ1) is 5.83. The molecule has 0 saturated carbocycles. The van der Waals surface area contributed by atoms with Gasteiger partial charge >= 0.3 is 0 Å². The third-order valence-corrected chi connectivity index (χ3v) is 2.58. The summed E-state index contributed by atoms with van der Waals surface area (Å²) in [5, 5.41) is 3.50. The Morgan fingerprint density at radius 2 is 2.33 bits per heavy atom. The summed E-state index contributed by atoms with van der Waals surface area (Å²) in [6.07, 6.45) is 4.05. The molecule has 0 bridgehead atoms. The summed E-state index contributed by atoms with van der Waals surface area (Å²) in [4.78, 5) is 2.45. The van der Waals surface area contributed by atoms with Crippen LogP contribution < -0.4 is 5.32 Å². The van der Waals surface area contributed by atoms with Crippen LogP contribution in [0.25, 0.3) is 0 Å². The largest absolute Gasteiger partial charge is 0.316 e. The molecule has 0 amide bonds. The zero-order chi connectivity index (χ0) is 8.81. The molecule has 0 aliphatic carbocycles. The van der Waals surface area contributed by atoms with E-state index in [-0.39, 0.29) is 0 Å². The molecule has 0 aromatic rings. The van der Waals surface area contributed by atoms with Gasteiger partial charge in [-0.1, -0.05) is 6.92 Å². The molecule has 1 saturated heterocycles. The van der Waals surface area contributed by atoms with Crippen molar-refractivity contribution in [3.63, 3.8) is 0 Å². The van der Waals surface area contributed by atoms with Crippen LogP contribution in [-0.2, 0) is 0 Å². The Kier molecular flexibility index (Phi) is 4.62. The average Bonchev–Trinajstić information content (AvgIpc) is 2.05.